The van der Waals surface area contributed by atoms with Crippen molar-refractivity contribution < 1.29 is 4.74 Å². The maximum Gasteiger partial charge on any atom is 0.174 e. The number of aromatic nitrogens is 2. The van der Waals surface area contributed by atoms with Crippen molar-refractivity contribution in [1.82, 2.24) is 20.1 Å². The van der Waals surface area contributed by atoms with Crippen LogP contribution in [0.5, 0.6) is 0 Å². The fraction of sp³-hybridized carbons (Fsp3) is 0.304. The van der Waals surface area contributed by atoms with Crippen molar-refractivity contribution in [2.24, 2.45) is 5.10 Å². The fourth-order valence-electron chi connectivity index (χ4n) is 3.53. The fourth-order valence-corrected chi connectivity index (χ4v) is 4.14. The molecule has 3 aromatic rings. The van der Waals surface area contributed by atoms with Crippen molar-refractivity contribution in [3.8, 4) is 16.9 Å². The molecule has 1 aliphatic heterocycles. The number of benzene rings is 2. The van der Waals surface area contributed by atoms with E-state index >= 15 is 0 Å². The summed E-state index contributed by atoms with van der Waals surface area (Å²) in [5.41, 5.74) is 3.34. The minimum Gasteiger partial charge on any atom is -0.378 e. The summed E-state index contributed by atoms with van der Waals surface area (Å²) < 4.78 is 7.30. The van der Waals surface area contributed by atoms with E-state index in [1.54, 1.807) is 12.1 Å². The minimum atomic E-state index is 0.429. The van der Waals surface area contributed by atoms with Gasteiger partial charge in [-0.3, -0.25) is 5.01 Å². The number of hydrogen-bond acceptors (Lipinski definition) is 4. The quantitative estimate of drug-likeness (QED) is 0.392. The Bertz CT molecular complexity index is 1140. The SMILES string of the molecule is Clc1ccc(-c2cc(C(=NN3CCOCC3)NC3CC3)nn2-c2ccc(Cl)cc2Cl)cc1. The number of halogens is 3. The maximum absolute atomic E-state index is 6.55. The van der Waals surface area contributed by atoms with Gasteiger partial charge in [0, 0.05) is 21.7 Å². The first kappa shape index (κ1) is 21.6. The van der Waals surface area contributed by atoms with E-state index in [2.05, 4.69) is 5.32 Å². The molecule has 9 heteroatoms. The lowest BCUT2D eigenvalue weighted by atomic mass is 10.1. The Balaban J connectivity index is 1.61. The van der Waals surface area contributed by atoms with E-state index in [1.807, 2.05) is 46.1 Å². The van der Waals surface area contributed by atoms with Gasteiger partial charge in [-0.25, -0.2) is 4.68 Å². The van der Waals surface area contributed by atoms with Crippen molar-refractivity contribution in [1.29, 1.82) is 0 Å². The summed E-state index contributed by atoms with van der Waals surface area (Å²) in [5.74, 6) is 0.758. The van der Waals surface area contributed by atoms with E-state index in [0.717, 1.165) is 54.4 Å². The zero-order valence-corrected chi connectivity index (χ0v) is 19.5. The predicted molar refractivity (Wildman–Crippen MR) is 129 cm³/mol. The highest BCUT2D eigenvalue weighted by Crippen LogP contribution is 2.31. The van der Waals surface area contributed by atoms with Gasteiger partial charge in [-0.2, -0.15) is 10.2 Å². The number of nitrogens with one attached hydrogen (secondary N) is 1. The van der Waals surface area contributed by atoms with Crippen LogP contribution in [0.15, 0.2) is 53.6 Å². The average molecular weight is 491 g/mol. The number of hydrogen-bond donors (Lipinski definition) is 1. The van der Waals surface area contributed by atoms with Crippen LogP contribution in [0.25, 0.3) is 16.9 Å². The molecule has 5 rings (SSSR count). The van der Waals surface area contributed by atoms with Gasteiger partial charge in [-0.05, 0) is 49.2 Å². The predicted octanol–water partition coefficient (Wildman–Crippen LogP) is 5.25. The van der Waals surface area contributed by atoms with E-state index < -0.39 is 0 Å². The zero-order chi connectivity index (χ0) is 22.1. The van der Waals surface area contributed by atoms with Crippen molar-refractivity contribution in [3.05, 3.63) is 69.3 Å². The summed E-state index contributed by atoms with van der Waals surface area (Å²) >= 11 is 18.8. The Morgan fingerprint density at radius 1 is 0.969 bits per heavy atom. The van der Waals surface area contributed by atoms with Crippen LogP contribution in [-0.4, -0.2) is 53.0 Å². The second-order valence-electron chi connectivity index (χ2n) is 7.86. The highest BCUT2D eigenvalue weighted by atomic mass is 35.5. The van der Waals surface area contributed by atoms with Crippen LogP contribution < -0.4 is 5.32 Å². The first-order valence-electron chi connectivity index (χ1n) is 10.6. The van der Waals surface area contributed by atoms with Crippen LogP contribution in [0.3, 0.4) is 0 Å². The standard InChI is InChI=1S/C23H22Cl3N5O/c24-16-3-1-15(2-4-16)22-14-20(28-31(22)21-8-5-17(25)13-19(21)26)23(27-18-6-7-18)29-30-9-11-32-12-10-30/h1-5,8,13-14,18H,6-7,9-12H2,(H,27,29). The Morgan fingerprint density at radius 2 is 1.69 bits per heavy atom. The Labute approximate surface area is 201 Å². The molecule has 32 heavy (non-hydrogen) atoms. The molecule has 1 aliphatic carbocycles. The van der Waals surface area contributed by atoms with Gasteiger partial charge in [0.15, 0.2) is 5.84 Å². The number of ether oxygens (including phenoxy) is 1. The molecule has 1 aromatic heterocycles. The Morgan fingerprint density at radius 3 is 2.38 bits per heavy atom. The van der Waals surface area contributed by atoms with E-state index in [0.29, 0.717) is 34.3 Å². The van der Waals surface area contributed by atoms with E-state index in [9.17, 15) is 0 Å². The van der Waals surface area contributed by atoms with Crippen molar-refractivity contribution in [2.45, 2.75) is 18.9 Å². The average Bonchev–Trinajstić information content (AvgIpc) is 3.50. The van der Waals surface area contributed by atoms with Crippen LogP contribution >= 0.6 is 34.8 Å². The van der Waals surface area contributed by atoms with Crippen molar-refractivity contribution >= 4 is 40.6 Å². The summed E-state index contributed by atoms with van der Waals surface area (Å²) in [6, 6.07) is 15.5. The molecule has 2 fully saturated rings. The Kier molecular flexibility index (Phi) is 6.28. The first-order chi connectivity index (χ1) is 15.6. The van der Waals surface area contributed by atoms with Gasteiger partial charge in [0.2, 0.25) is 0 Å². The third-order valence-corrected chi connectivity index (χ3v) is 6.17. The molecule has 0 atom stereocenters. The molecule has 1 N–H and O–H groups in total. The van der Waals surface area contributed by atoms with Gasteiger partial charge >= 0.3 is 0 Å². The van der Waals surface area contributed by atoms with Gasteiger partial charge in [-0.1, -0.05) is 46.9 Å². The highest BCUT2D eigenvalue weighted by molar-refractivity contribution is 6.35. The first-order valence-corrected chi connectivity index (χ1v) is 11.7. The van der Waals surface area contributed by atoms with Crippen molar-refractivity contribution in [2.75, 3.05) is 26.3 Å². The van der Waals surface area contributed by atoms with Gasteiger partial charge in [0.05, 0.1) is 42.7 Å². The molecule has 0 amide bonds. The second-order valence-corrected chi connectivity index (χ2v) is 9.14. The van der Waals surface area contributed by atoms with E-state index in [4.69, 9.17) is 49.7 Å². The molecule has 166 valence electrons. The van der Waals surface area contributed by atoms with Crippen LogP contribution in [0.2, 0.25) is 15.1 Å². The lowest BCUT2D eigenvalue weighted by Gasteiger charge is -2.25. The number of morpholine rings is 1. The van der Waals surface area contributed by atoms with E-state index in [-0.39, 0.29) is 0 Å². The van der Waals surface area contributed by atoms with Gasteiger partial charge < -0.3 is 10.1 Å². The second kappa shape index (κ2) is 9.32. The zero-order valence-electron chi connectivity index (χ0n) is 17.3. The summed E-state index contributed by atoms with van der Waals surface area (Å²) in [6.07, 6.45) is 2.27. The number of rotatable bonds is 5. The summed E-state index contributed by atoms with van der Waals surface area (Å²) in [7, 11) is 0. The Hall–Kier alpha value is -2.25. The number of hydrazone groups is 1. The number of amidine groups is 1. The molecule has 2 aromatic carbocycles. The topological polar surface area (TPSA) is 54.7 Å². The summed E-state index contributed by atoms with van der Waals surface area (Å²) in [6.45, 7) is 2.85. The number of nitrogens with zero attached hydrogens (tertiary/aromatic N) is 4. The molecule has 0 radical (unpaired) electrons. The third kappa shape index (κ3) is 4.89. The summed E-state index contributed by atoms with van der Waals surface area (Å²) in [5, 5.41) is 17.2. The molecule has 1 saturated heterocycles. The highest BCUT2D eigenvalue weighted by Gasteiger charge is 2.26. The molecule has 0 bridgehead atoms. The van der Waals surface area contributed by atoms with Crippen LogP contribution in [0, 0.1) is 0 Å². The minimum absolute atomic E-state index is 0.429. The molecule has 0 unspecified atom stereocenters. The van der Waals surface area contributed by atoms with Crippen LogP contribution in [0.4, 0.5) is 0 Å². The van der Waals surface area contributed by atoms with Gasteiger partial charge in [0.1, 0.15) is 5.69 Å². The lowest BCUT2D eigenvalue weighted by Crippen LogP contribution is -2.36. The van der Waals surface area contributed by atoms with Gasteiger partial charge in [-0.15, -0.1) is 0 Å². The molecule has 0 spiro atoms. The monoisotopic (exact) mass is 489 g/mol. The van der Waals surface area contributed by atoms with Crippen molar-refractivity contribution in [3.63, 3.8) is 0 Å². The molecular formula is C23H22Cl3N5O. The summed E-state index contributed by atoms with van der Waals surface area (Å²) in [4.78, 5) is 0. The van der Waals surface area contributed by atoms with Gasteiger partial charge in [0.25, 0.3) is 0 Å². The third-order valence-electron chi connectivity index (χ3n) is 5.38. The molecule has 2 aliphatic rings. The molecule has 2 heterocycles. The molecule has 1 saturated carbocycles. The van der Waals surface area contributed by atoms with Crippen LogP contribution in [0.1, 0.15) is 18.5 Å². The largest absolute Gasteiger partial charge is 0.378 e. The smallest absolute Gasteiger partial charge is 0.174 e. The normalized spacial score (nSPS) is 17.0. The molecule has 6 nitrogen and oxygen atoms in total. The lowest BCUT2D eigenvalue weighted by molar-refractivity contribution is 0.0392. The van der Waals surface area contributed by atoms with E-state index in [1.165, 1.54) is 0 Å². The maximum atomic E-state index is 6.55. The van der Waals surface area contributed by atoms with Crippen LogP contribution in [-0.2, 0) is 4.74 Å². The molecular weight excluding hydrogens is 469 g/mol.